The van der Waals surface area contributed by atoms with Gasteiger partial charge in [-0.05, 0) is 0 Å². The quantitative estimate of drug-likeness (QED) is 0.601. The molecular formula is C11H11O3Se. The Balaban J connectivity index is 2.37. The summed E-state index contributed by atoms with van der Waals surface area (Å²) in [4.78, 5) is 11.5. The second kappa shape index (κ2) is 4.25. The molecule has 4 heteroatoms. The number of hydrogen-bond acceptors (Lipinski definition) is 3. The number of carbonyl (C=O) groups excluding carboxylic acids is 1. The van der Waals surface area contributed by atoms with E-state index in [4.69, 9.17) is 9.47 Å². The average Bonchev–Trinajstić information content (AvgIpc) is 2.70. The summed E-state index contributed by atoms with van der Waals surface area (Å²) in [6.45, 7) is 0. The first kappa shape index (κ1) is 10.5. The molecule has 1 heterocycles. The van der Waals surface area contributed by atoms with E-state index in [0.717, 1.165) is 17.3 Å². The van der Waals surface area contributed by atoms with E-state index in [2.05, 4.69) is 16.0 Å². The number of carbonyl (C=O) groups is 1. The summed E-state index contributed by atoms with van der Waals surface area (Å²) >= 11 is 2.94. The van der Waals surface area contributed by atoms with Crippen LogP contribution in [-0.2, 0) is 11.2 Å². The van der Waals surface area contributed by atoms with E-state index in [1.165, 1.54) is 7.11 Å². The van der Waals surface area contributed by atoms with Crippen LogP contribution in [-0.4, -0.2) is 35.2 Å². The normalized spacial score (nSPS) is 18.1. The van der Waals surface area contributed by atoms with Crippen LogP contribution in [0.25, 0.3) is 0 Å². The zero-order valence-corrected chi connectivity index (χ0v) is 10.1. The average molecular weight is 270 g/mol. The Morgan fingerprint density at radius 3 is 3.13 bits per heavy atom. The van der Waals surface area contributed by atoms with Gasteiger partial charge in [-0.15, -0.1) is 0 Å². The Bertz CT molecular complexity index is 389. The number of benzene rings is 1. The van der Waals surface area contributed by atoms with Crippen molar-refractivity contribution in [2.45, 2.75) is 17.8 Å². The van der Waals surface area contributed by atoms with E-state index in [1.807, 2.05) is 12.1 Å². The molecule has 1 atom stereocenters. The van der Waals surface area contributed by atoms with Gasteiger partial charge < -0.3 is 0 Å². The molecule has 2 rings (SSSR count). The minimum atomic E-state index is -0.340. The van der Waals surface area contributed by atoms with Gasteiger partial charge >= 0.3 is 96.3 Å². The Morgan fingerprint density at radius 2 is 2.47 bits per heavy atom. The standard InChI is InChI=1S/C11H11O3Se/c1-13-11(12)9-4-2-3-7-5-8(6-15)14-10(7)9/h2-4,8H,5-6H2,1H3. The van der Waals surface area contributed by atoms with Crippen molar-refractivity contribution in [2.75, 3.05) is 7.11 Å². The fourth-order valence-corrected chi connectivity index (χ4v) is 2.09. The van der Waals surface area contributed by atoms with Crippen molar-refractivity contribution in [3.63, 3.8) is 0 Å². The molecule has 1 aliphatic rings. The van der Waals surface area contributed by atoms with Crippen LogP contribution in [0, 0.1) is 0 Å². The number of fused-ring (bicyclic) bond motifs is 1. The molecule has 1 aromatic carbocycles. The first-order chi connectivity index (χ1) is 7.26. The first-order valence-electron chi connectivity index (χ1n) is 4.71. The topological polar surface area (TPSA) is 35.5 Å². The molecule has 1 aromatic rings. The second-order valence-electron chi connectivity index (χ2n) is 3.40. The van der Waals surface area contributed by atoms with Crippen LogP contribution in [0.1, 0.15) is 15.9 Å². The zero-order valence-electron chi connectivity index (χ0n) is 8.36. The molecule has 15 heavy (non-hydrogen) atoms. The van der Waals surface area contributed by atoms with Crippen LogP contribution in [0.2, 0.25) is 5.32 Å². The monoisotopic (exact) mass is 271 g/mol. The van der Waals surface area contributed by atoms with Crippen molar-refractivity contribution in [3.8, 4) is 5.75 Å². The van der Waals surface area contributed by atoms with Crippen LogP contribution < -0.4 is 4.74 Å². The molecule has 3 nitrogen and oxygen atoms in total. The van der Waals surface area contributed by atoms with E-state index in [1.54, 1.807) is 6.07 Å². The Kier molecular flexibility index (Phi) is 2.98. The minimum absolute atomic E-state index is 0.144. The number of esters is 1. The third kappa shape index (κ3) is 1.87. The van der Waals surface area contributed by atoms with Gasteiger partial charge in [0, 0.05) is 0 Å². The molecule has 1 radical (unpaired) electrons. The predicted molar refractivity (Wildman–Crippen MR) is 56.5 cm³/mol. The van der Waals surface area contributed by atoms with Gasteiger partial charge in [-0.25, -0.2) is 0 Å². The maximum atomic E-state index is 11.5. The van der Waals surface area contributed by atoms with Crippen molar-refractivity contribution in [1.82, 2.24) is 0 Å². The Morgan fingerprint density at radius 1 is 1.67 bits per heavy atom. The number of para-hydroxylation sites is 1. The molecule has 1 unspecified atom stereocenters. The van der Waals surface area contributed by atoms with Gasteiger partial charge in [0.05, 0.1) is 0 Å². The zero-order chi connectivity index (χ0) is 10.8. The molecule has 0 aromatic heterocycles. The molecule has 0 aliphatic carbocycles. The van der Waals surface area contributed by atoms with Gasteiger partial charge in [0.15, 0.2) is 0 Å². The number of methoxy groups -OCH3 is 1. The molecule has 0 saturated heterocycles. The van der Waals surface area contributed by atoms with Gasteiger partial charge in [-0.1, -0.05) is 0 Å². The number of hydrogen-bond donors (Lipinski definition) is 0. The summed E-state index contributed by atoms with van der Waals surface area (Å²) in [6, 6.07) is 5.57. The molecular weight excluding hydrogens is 259 g/mol. The molecule has 0 N–H and O–H groups in total. The van der Waals surface area contributed by atoms with Gasteiger partial charge in [-0.2, -0.15) is 0 Å². The van der Waals surface area contributed by atoms with Gasteiger partial charge in [-0.3, -0.25) is 0 Å². The van der Waals surface area contributed by atoms with E-state index < -0.39 is 0 Å². The summed E-state index contributed by atoms with van der Waals surface area (Å²) in [5.74, 6) is 0.345. The molecule has 1 aliphatic heterocycles. The molecule has 0 amide bonds. The molecule has 0 saturated carbocycles. The third-order valence-electron chi connectivity index (χ3n) is 2.42. The summed E-state index contributed by atoms with van der Waals surface area (Å²) in [6.07, 6.45) is 0.999. The summed E-state index contributed by atoms with van der Waals surface area (Å²) in [5.41, 5.74) is 1.60. The summed E-state index contributed by atoms with van der Waals surface area (Å²) < 4.78 is 10.4. The molecule has 0 fully saturated rings. The van der Waals surface area contributed by atoms with Gasteiger partial charge in [0.1, 0.15) is 0 Å². The second-order valence-corrected chi connectivity index (χ2v) is 4.10. The van der Waals surface area contributed by atoms with Crippen LogP contribution in [0.15, 0.2) is 18.2 Å². The maximum absolute atomic E-state index is 11.5. The van der Waals surface area contributed by atoms with Gasteiger partial charge in [0.2, 0.25) is 0 Å². The first-order valence-corrected chi connectivity index (χ1v) is 5.92. The van der Waals surface area contributed by atoms with E-state index >= 15 is 0 Å². The van der Waals surface area contributed by atoms with Crippen molar-refractivity contribution in [1.29, 1.82) is 0 Å². The Hall–Kier alpha value is -0.991. The van der Waals surface area contributed by atoms with Crippen molar-refractivity contribution in [2.24, 2.45) is 0 Å². The van der Waals surface area contributed by atoms with E-state index in [0.29, 0.717) is 11.3 Å². The van der Waals surface area contributed by atoms with Crippen LogP contribution in [0.3, 0.4) is 0 Å². The van der Waals surface area contributed by atoms with Crippen LogP contribution in [0.4, 0.5) is 0 Å². The van der Waals surface area contributed by atoms with Crippen LogP contribution in [0.5, 0.6) is 5.75 Å². The van der Waals surface area contributed by atoms with Crippen molar-refractivity contribution in [3.05, 3.63) is 29.3 Å². The SMILES string of the molecule is COC(=O)c1cccc2c1OC(C[Se])C2. The molecule has 79 valence electrons. The summed E-state index contributed by atoms with van der Waals surface area (Å²) in [7, 11) is 1.38. The third-order valence-corrected chi connectivity index (χ3v) is 3.20. The molecule has 0 bridgehead atoms. The van der Waals surface area contributed by atoms with E-state index in [-0.39, 0.29) is 12.1 Å². The fourth-order valence-electron chi connectivity index (χ4n) is 1.70. The van der Waals surface area contributed by atoms with Gasteiger partial charge in [0.25, 0.3) is 0 Å². The van der Waals surface area contributed by atoms with Crippen LogP contribution >= 0.6 is 0 Å². The predicted octanol–water partition coefficient (Wildman–Crippen LogP) is 1.36. The van der Waals surface area contributed by atoms with Crippen molar-refractivity contribution >= 4 is 22.0 Å². The number of ether oxygens (including phenoxy) is 2. The molecule has 0 spiro atoms. The fraction of sp³-hybridized carbons (Fsp3) is 0.364. The number of rotatable bonds is 2. The summed E-state index contributed by atoms with van der Waals surface area (Å²) in [5, 5.41) is 0.829. The van der Waals surface area contributed by atoms with E-state index in [9.17, 15) is 4.79 Å². The van der Waals surface area contributed by atoms with Crippen molar-refractivity contribution < 1.29 is 14.3 Å². The Labute approximate surface area is 96.6 Å².